The van der Waals surface area contributed by atoms with Crippen molar-refractivity contribution in [2.45, 2.75) is 76.3 Å². The molecule has 2 aromatic carbocycles. The molecule has 4 nitrogen and oxygen atoms in total. The monoisotopic (exact) mass is 428 g/mol. The van der Waals surface area contributed by atoms with Gasteiger partial charge in [0, 0.05) is 6.54 Å². The van der Waals surface area contributed by atoms with E-state index in [1.54, 1.807) is 0 Å². The van der Waals surface area contributed by atoms with E-state index in [1.807, 2.05) is 69.3 Å². The second-order valence-corrected chi connectivity index (χ2v) is 11.4. The van der Waals surface area contributed by atoms with Crippen LogP contribution in [0.2, 0.25) is 0 Å². The van der Waals surface area contributed by atoms with E-state index in [-0.39, 0.29) is 16.8 Å². The largest absolute Gasteiger partial charge is 0.313 e. The van der Waals surface area contributed by atoms with Gasteiger partial charge in [-0.05, 0) is 50.7 Å². The molecule has 2 N–H and O–H groups in total. The zero-order valence-electron chi connectivity index (χ0n) is 18.5. The van der Waals surface area contributed by atoms with Gasteiger partial charge in [0.25, 0.3) is 0 Å². The second kappa shape index (κ2) is 10.7. The van der Waals surface area contributed by atoms with Gasteiger partial charge in [0.05, 0.1) is 27.8 Å². The normalized spacial score (nSPS) is 18.8. The maximum absolute atomic E-state index is 13.1. The van der Waals surface area contributed by atoms with Crippen LogP contribution in [0.5, 0.6) is 0 Å². The molecule has 5 heteroatoms. The highest BCUT2D eigenvalue weighted by Crippen LogP contribution is 2.36. The zero-order valence-corrected chi connectivity index (χ0v) is 19.3. The van der Waals surface area contributed by atoms with Crippen molar-refractivity contribution in [1.29, 1.82) is 0 Å². The van der Waals surface area contributed by atoms with Crippen molar-refractivity contribution >= 4 is 11.0 Å². The minimum absolute atomic E-state index is 0.154. The number of rotatable bonds is 8. The van der Waals surface area contributed by atoms with Gasteiger partial charge in [-0.15, -0.1) is 0 Å². The van der Waals surface area contributed by atoms with Gasteiger partial charge in [-0.3, -0.25) is 0 Å². The number of benzene rings is 2. The maximum atomic E-state index is 13.1. The van der Waals surface area contributed by atoms with E-state index in [4.69, 9.17) is 0 Å². The van der Waals surface area contributed by atoms with Crippen LogP contribution in [-0.2, 0) is 17.5 Å². The average molecular weight is 429 g/mol. The molecule has 164 valence electrons. The van der Waals surface area contributed by atoms with Crippen molar-refractivity contribution in [2.24, 2.45) is 5.92 Å². The molecular formula is C25H36N2O2S. The minimum atomic E-state index is -1.24. The van der Waals surface area contributed by atoms with E-state index in [1.165, 1.54) is 24.3 Å². The topological polar surface area (TPSA) is 52.6 Å². The molecule has 3 rings (SSSR count). The van der Waals surface area contributed by atoms with E-state index >= 15 is 0 Å². The molecule has 0 radical (unpaired) electrons. The highest BCUT2D eigenvalue weighted by Gasteiger charge is 2.38. The van der Waals surface area contributed by atoms with E-state index in [0.717, 1.165) is 24.0 Å². The third-order valence-electron chi connectivity index (χ3n) is 5.95. The summed E-state index contributed by atoms with van der Waals surface area (Å²) in [5.41, 5.74) is 2.14. The number of nitrogens with zero attached hydrogens (tertiary/aromatic N) is 1. The first-order valence-corrected chi connectivity index (χ1v) is 12.2. The summed E-state index contributed by atoms with van der Waals surface area (Å²) in [5, 5.41) is 12.9. The molecule has 0 aliphatic heterocycles. The van der Waals surface area contributed by atoms with Gasteiger partial charge in [0.2, 0.25) is 0 Å². The Kier molecular flexibility index (Phi) is 8.23. The summed E-state index contributed by atoms with van der Waals surface area (Å²) in [6.07, 6.45) is 5.80. The van der Waals surface area contributed by atoms with Crippen molar-refractivity contribution in [3.8, 4) is 0 Å². The third kappa shape index (κ3) is 6.24. The molecule has 30 heavy (non-hydrogen) atoms. The van der Waals surface area contributed by atoms with E-state index in [2.05, 4.69) is 16.9 Å². The number of hydroxylamine groups is 2. The van der Waals surface area contributed by atoms with Crippen LogP contribution in [0.25, 0.3) is 0 Å². The lowest BCUT2D eigenvalue weighted by atomic mass is 9.79. The lowest BCUT2D eigenvalue weighted by molar-refractivity contribution is -0.161. The first-order chi connectivity index (χ1) is 14.4. The van der Waals surface area contributed by atoms with Gasteiger partial charge in [-0.25, -0.2) is 8.93 Å². The molecule has 1 aliphatic rings. The van der Waals surface area contributed by atoms with E-state index < -0.39 is 11.0 Å². The van der Waals surface area contributed by atoms with Gasteiger partial charge in [0.1, 0.15) is 0 Å². The van der Waals surface area contributed by atoms with Crippen LogP contribution in [-0.4, -0.2) is 25.3 Å². The SMILES string of the molecule is CC(C)(C)[S@@](=O)N[C@H](c1ccccc1)[C@@H](C1CCCCC1)N(O)Cc1ccccc1. The summed E-state index contributed by atoms with van der Waals surface area (Å²) in [4.78, 5) is 0. The van der Waals surface area contributed by atoms with Crippen LogP contribution in [0.15, 0.2) is 60.7 Å². The fraction of sp³-hybridized carbons (Fsp3) is 0.520. The Morgan fingerprint density at radius 1 is 1.00 bits per heavy atom. The summed E-state index contributed by atoms with van der Waals surface area (Å²) in [6.45, 7) is 6.40. The Labute approximate surface area is 184 Å². The first kappa shape index (κ1) is 23.1. The molecule has 0 spiro atoms. The summed E-state index contributed by atoms with van der Waals surface area (Å²) < 4.78 is 16.1. The standard InChI is InChI=1S/C25H36N2O2S/c1-25(2,3)30(29)26-23(21-15-9-5-10-16-21)24(22-17-11-6-12-18-22)27(28)19-20-13-7-4-8-14-20/h4-5,7-10,13-16,22-24,26,28H,6,11-12,17-19H2,1-3H3/t23-,24-,30-/m1/s1. The molecular weight excluding hydrogens is 392 g/mol. The smallest absolute Gasteiger partial charge is 0.0976 e. The zero-order chi connectivity index (χ0) is 21.6. The van der Waals surface area contributed by atoms with Crippen LogP contribution < -0.4 is 4.72 Å². The Bertz CT molecular complexity index is 786. The van der Waals surface area contributed by atoms with Gasteiger partial charge in [0.15, 0.2) is 0 Å². The molecule has 1 saturated carbocycles. The Morgan fingerprint density at radius 3 is 2.13 bits per heavy atom. The Balaban J connectivity index is 1.95. The minimum Gasteiger partial charge on any atom is -0.313 e. The molecule has 0 saturated heterocycles. The highest BCUT2D eigenvalue weighted by atomic mass is 32.2. The average Bonchev–Trinajstić information content (AvgIpc) is 2.74. The molecule has 0 amide bonds. The van der Waals surface area contributed by atoms with Crippen LogP contribution >= 0.6 is 0 Å². The highest BCUT2D eigenvalue weighted by molar-refractivity contribution is 7.84. The van der Waals surface area contributed by atoms with Crippen molar-refractivity contribution in [3.63, 3.8) is 0 Å². The number of hydrogen-bond acceptors (Lipinski definition) is 3. The summed E-state index contributed by atoms with van der Waals surface area (Å²) in [6, 6.07) is 19.9. The van der Waals surface area contributed by atoms with Crippen LogP contribution in [0, 0.1) is 5.92 Å². The molecule has 0 unspecified atom stereocenters. The predicted octanol–water partition coefficient (Wildman–Crippen LogP) is 5.62. The number of hydrogen-bond donors (Lipinski definition) is 2. The molecule has 0 heterocycles. The lowest BCUT2D eigenvalue weighted by Gasteiger charge is -2.41. The van der Waals surface area contributed by atoms with Crippen molar-refractivity contribution in [2.75, 3.05) is 0 Å². The first-order valence-electron chi connectivity index (χ1n) is 11.1. The third-order valence-corrected chi connectivity index (χ3v) is 7.54. The molecule has 1 fully saturated rings. The Morgan fingerprint density at radius 2 is 1.57 bits per heavy atom. The summed E-state index contributed by atoms with van der Waals surface area (Å²) in [7, 11) is -1.24. The van der Waals surface area contributed by atoms with Crippen LogP contribution in [0.1, 0.15) is 70.0 Å². The summed E-state index contributed by atoms with van der Waals surface area (Å²) in [5.74, 6) is 0.349. The van der Waals surface area contributed by atoms with Crippen LogP contribution in [0.3, 0.4) is 0 Å². The quantitative estimate of drug-likeness (QED) is 0.537. The van der Waals surface area contributed by atoms with Crippen molar-refractivity contribution < 1.29 is 9.42 Å². The van der Waals surface area contributed by atoms with E-state index in [9.17, 15) is 9.42 Å². The second-order valence-electron chi connectivity index (χ2n) is 9.36. The molecule has 0 bridgehead atoms. The Hall–Kier alpha value is -1.53. The van der Waals surface area contributed by atoms with Gasteiger partial charge < -0.3 is 5.21 Å². The molecule has 3 atom stereocenters. The van der Waals surface area contributed by atoms with E-state index in [0.29, 0.717) is 12.5 Å². The van der Waals surface area contributed by atoms with Gasteiger partial charge in [-0.2, -0.15) is 5.06 Å². The maximum Gasteiger partial charge on any atom is 0.0976 e. The fourth-order valence-electron chi connectivity index (χ4n) is 4.33. The molecule has 1 aliphatic carbocycles. The van der Waals surface area contributed by atoms with Crippen molar-refractivity contribution in [3.05, 3.63) is 71.8 Å². The molecule has 0 aromatic heterocycles. The summed E-state index contributed by atoms with van der Waals surface area (Å²) >= 11 is 0. The number of nitrogens with one attached hydrogen (secondary N) is 1. The molecule has 2 aromatic rings. The lowest BCUT2D eigenvalue weighted by Crippen LogP contribution is -2.50. The van der Waals surface area contributed by atoms with Gasteiger partial charge in [-0.1, -0.05) is 79.9 Å². The van der Waals surface area contributed by atoms with Crippen LogP contribution in [0.4, 0.5) is 0 Å². The fourth-order valence-corrected chi connectivity index (χ4v) is 5.19. The van der Waals surface area contributed by atoms with Crippen molar-refractivity contribution in [1.82, 2.24) is 9.79 Å². The predicted molar refractivity (Wildman–Crippen MR) is 124 cm³/mol. The van der Waals surface area contributed by atoms with Gasteiger partial charge >= 0.3 is 0 Å².